The minimum atomic E-state index is -0.307. The molecule has 0 radical (unpaired) electrons. The number of thiazole rings is 1. The predicted octanol–water partition coefficient (Wildman–Crippen LogP) is 3.56. The second-order valence-electron chi connectivity index (χ2n) is 7.38. The van der Waals surface area contributed by atoms with E-state index in [4.69, 9.17) is 4.74 Å². The smallest absolute Gasteiger partial charge is 0.309 e. The molecule has 1 atom stereocenters. The van der Waals surface area contributed by atoms with Crippen LogP contribution >= 0.6 is 11.3 Å². The molecule has 30 heavy (non-hydrogen) atoms. The molecule has 0 bridgehead atoms. The lowest BCUT2D eigenvalue weighted by Crippen LogP contribution is -2.39. The summed E-state index contributed by atoms with van der Waals surface area (Å²) in [5.74, 6) is 0.168. The average molecular weight is 433 g/mol. The molecule has 0 aliphatic carbocycles. The molecule has 0 unspecified atom stereocenters. The molecule has 3 aromatic rings. The Morgan fingerprint density at radius 2 is 2.00 bits per heavy atom. The molecule has 160 valence electrons. The summed E-state index contributed by atoms with van der Waals surface area (Å²) in [6.07, 6.45) is 2.04. The van der Waals surface area contributed by atoms with Crippen LogP contribution in [0.15, 0.2) is 24.3 Å². The number of fused-ring (bicyclic) bond motifs is 1. The predicted molar refractivity (Wildman–Crippen MR) is 111 cm³/mol. The highest BCUT2D eigenvalue weighted by Crippen LogP contribution is 2.41. The molecule has 1 fully saturated rings. The lowest BCUT2D eigenvalue weighted by molar-refractivity contribution is -0.149. The van der Waals surface area contributed by atoms with Crippen LogP contribution < -0.4 is 0 Å². The molecule has 3 heterocycles. The van der Waals surface area contributed by atoms with E-state index in [0.717, 1.165) is 5.56 Å². The number of aryl methyl sites for hydroxylation is 1. The Balaban J connectivity index is 1.66. The van der Waals surface area contributed by atoms with Crippen LogP contribution in [0.3, 0.4) is 0 Å². The van der Waals surface area contributed by atoms with Gasteiger partial charge in [0.1, 0.15) is 5.82 Å². The summed E-state index contributed by atoms with van der Waals surface area (Å²) in [5.41, 5.74) is 0.876. The number of piperidine rings is 1. The van der Waals surface area contributed by atoms with Gasteiger partial charge in [-0.3, -0.25) is 9.69 Å². The van der Waals surface area contributed by atoms with Gasteiger partial charge in [0.25, 0.3) is 0 Å². The summed E-state index contributed by atoms with van der Waals surface area (Å²) in [4.78, 5) is 20.1. The maximum Gasteiger partial charge on any atom is 0.309 e. The summed E-state index contributed by atoms with van der Waals surface area (Å²) in [5, 5.41) is 15.3. The Labute approximate surface area is 178 Å². The highest BCUT2D eigenvalue weighted by Gasteiger charge is 2.34. The molecule has 7 nitrogen and oxygen atoms in total. The largest absolute Gasteiger partial charge is 0.492 e. The van der Waals surface area contributed by atoms with Crippen LogP contribution in [-0.4, -0.2) is 50.3 Å². The van der Waals surface area contributed by atoms with E-state index in [0.29, 0.717) is 54.6 Å². The number of ether oxygens (including phenoxy) is 1. The number of hydrogen-bond acceptors (Lipinski definition) is 7. The fraction of sp³-hybridized carbons (Fsp3) is 0.476. The van der Waals surface area contributed by atoms with Crippen molar-refractivity contribution >= 4 is 22.3 Å². The summed E-state index contributed by atoms with van der Waals surface area (Å²) in [6, 6.07) is 6.06. The maximum atomic E-state index is 13.6. The lowest BCUT2D eigenvalue weighted by Gasteiger charge is -2.36. The molecule has 1 saturated heterocycles. The van der Waals surface area contributed by atoms with E-state index in [1.165, 1.54) is 28.0 Å². The van der Waals surface area contributed by atoms with E-state index in [1.54, 1.807) is 12.1 Å². The number of aromatic hydroxyl groups is 1. The normalized spacial score (nSPS) is 16.8. The molecular weight excluding hydrogens is 407 g/mol. The summed E-state index contributed by atoms with van der Waals surface area (Å²) in [6.45, 7) is 5.49. The molecule has 0 spiro atoms. The van der Waals surface area contributed by atoms with E-state index in [9.17, 15) is 14.3 Å². The molecule has 1 aliphatic rings. The fourth-order valence-corrected chi connectivity index (χ4v) is 5.08. The third-order valence-electron chi connectivity index (χ3n) is 5.51. The number of hydrogen-bond donors (Lipinski definition) is 1. The Morgan fingerprint density at radius 1 is 1.30 bits per heavy atom. The standard InChI is InChI=1S/C21H25FN4O3S/c1-3-16-23-21-26(24-16)19(27)18(30-21)17(13-5-7-15(22)8-6-13)25-11-9-14(10-12-25)20(28)29-4-2/h5-8,14,17,27H,3-4,9-12H2,1-2H3/t17-/m1/s1. The molecule has 1 aromatic carbocycles. The highest BCUT2D eigenvalue weighted by atomic mass is 32.1. The van der Waals surface area contributed by atoms with Crippen molar-refractivity contribution in [1.29, 1.82) is 0 Å². The molecule has 1 aliphatic heterocycles. The van der Waals surface area contributed by atoms with Crippen molar-refractivity contribution in [3.05, 3.63) is 46.3 Å². The van der Waals surface area contributed by atoms with Gasteiger partial charge in [-0.2, -0.15) is 4.52 Å². The van der Waals surface area contributed by atoms with Gasteiger partial charge in [-0.05, 0) is 50.6 Å². The van der Waals surface area contributed by atoms with Crippen molar-refractivity contribution in [2.45, 2.75) is 39.2 Å². The van der Waals surface area contributed by atoms with Crippen LogP contribution in [0.5, 0.6) is 5.88 Å². The van der Waals surface area contributed by atoms with Crippen molar-refractivity contribution in [1.82, 2.24) is 19.5 Å². The monoisotopic (exact) mass is 432 g/mol. The topological polar surface area (TPSA) is 80.0 Å². The number of nitrogens with zero attached hydrogens (tertiary/aromatic N) is 4. The van der Waals surface area contributed by atoms with Gasteiger partial charge in [0.2, 0.25) is 10.8 Å². The molecule has 2 aromatic heterocycles. The van der Waals surface area contributed by atoms with Crippen LogP contribution in [0.2, 0.25) is 0 Å². The number of rotatable bonds is 6. The molecular formula is C21H25FN4O3S. The zero-order valence-electron chi connectivity index (χ0n) is 17.0. The number of likely N-dealkylation sites (tertiary alicyclic amines) is 1. The first kappa shape index (κ1) is 20.7. The minimum absolute atomic E-state index is 0.0593. The Kier molecular flexibility index (Phi) is 6.01. The van der Waals surface area contributed by atoms with Crippen LogP contribution in [0, 0.1) is 11.7 Å². The third-order valence-corrected chi connectivity index (χ3v) is 6.58. The van der Waals surface area contributed by atoms with Gasteiger partial charge in [0.15, 0.2) is 5.82 Å². The number of esters is 1. The number of halogens is 1. The second kappa shape index (κ2) is 8.69. The van der Waals surface area contributed by atoms with E-state index in [1.807, 2.05) is 13.8 Å². The number of carbonyl (C=O) groups is 1. The molecule has 0 saturated carbocycles. The first-order chi connectivity index (χ1) is 14.5. The van der Waals surface area contributed by atoms with E-state index in [-0.39, 0.29) is 29.6 Å². The Hall–Kier alpha value is -2.52. The van der Waals surface area contributed by atoms with Crippen LogP contribution in [-0.2, 0) is 16.0 Å². The van der Waals surface area contributed by atoms with Gasteiger partial charge < -0.3 is 9.84 Å². The highest BCUT2D eigenvalue weighted by molar-refractivity contribution is 7.17. The first-order valence-corrected chi connectivity index (χ1v) is 11.1. The van der Waals surface area contributed by atoms with Crippen molar-refractivity contribution in [3.8, 4) is 5.88 Å². The third kappa shape index (κ3) is 3.91. The van der Waals surface area contributed by atoms with Crippen LogP contribution in [0.25, 0.3) is 4.96 Å². The quantitative estimate of drug-likeness (QED) is 0.600. The zero-order valence-corrected chi connectivity index (χ0v) is 17.9. The Bertz CT molecular complexity index is 1020. The van der Waals surface area contributed by atoms with Crippen LogP contribution in [0.4, 0.5) is 4.39 Å². The van der Waals surface area contributed by atoms with Crippen molar-refractivity contribution in [2.24, 2.45) is 5.92 Å². The van der Waals surface area contributed by atoms with Gasteiger partial charge in [-0.1, -0.05) is 30.4 Å². The summed E-state index contributed by atoms with van der Waals surface area (Å²) < 4.78 is 20.2. The van der Waals surface area contributed by atoms with Crippen molar-refractivity contribution in [2.75, 3.05) is 19.7 Å². The van der Waals surface area contributed by atoms with Gasteiger partial charge in [-0.15, -0.1) is 5.10 Å². The van der Waals surface area contributed by atoms with Gasteiger partial charge in [0, 0.05) is 6.42 Å². The molecule has 9 heteroatoms. The number of aromatic nitrogens is 3. The lowest BCUT2D eigenvalue weighted by atomic mass is 9.93. The maximum absolute atomic E-state index is 13.6. The van der Waals surface area contributed by atoms with E-state index in [2.05, 4.69) is 15.0 Å². The second-order valence-corrected chi connectivity index (χ2v) is 8.39. The van der Waals surface area contributed by atoms with Crippen molar-refractivity contribution in [3.63, 3.8) is 0 Å². The average Bonchev–Trinajstić information content (AvgIpc) is 3.29. The fourth-order valence-electron chi connectivity index (χ4n) is 3.95. The van der Waals surface area contributed by atoms with E-state index >= 15 is 0 Å². The minimum Gasteiger partial charge on any atom is -0.492 e. The summed E-state index contributed by atoms with van der Waals surface area (Å²) >= 11 is 1.39. The van der Waals surface area contributed by atoms with Crippen LogP contribution in [0.1, 0.15) is 49.0 Å². The van der Waals surface area contributed by atoms with E-state index < -0.39 is 0 Å². The zero-order chi connectivity index (χ0) is 21.3. The van der Waals surface area contributed by atoms with Gasteiger partial charge >= 0.3 is 5.97 Å². The van der Waals surface area contributed by atoms with Gasteiger partial charge in [0.05, 0.1) is 23.4 Å². The van der Waals surface area contributed by atoms with Gasteiger partial charge in [-0.25, -0.2) is 9.37 Å². The first-order valence-electron chi connectivity index (χ1n) is 10.2. The number of benzene rings is 1. The Morgan fingerprint density at radius 3 is 2.60 bits per heavy atom. The SMILES string of the molecule is CCOC(=O)C1CCN([C@H](c2ccc(F)cc2)c2sc3nc(CC)nn3c2O)CC1. The summed E-state index contributed by atoms with van der Waals surface area (Å²) in [7, 11) is 0. The molecule has 4 rings (SSSR count). The molecule has 1 N–H and O–H groups in total. The van der Waals surface area contributed by atoms with Crippen molar-refractivity contribution < 1.29 is 19.0 Å². The number of carbonyl (C=O) groups excluding carboxylic acids is 1. The molecule has 0 amide bonds.